The first-order valence-corrected chi connectivity index (χ1v) is 5.07. The lowest BCUT2D eigenvalue weighted by Crippen LogP contribution is -2.39. The quantitative estimate of drug-likeness (QED) is 0.625. The minimum atomic E-state index is 0.263. The van der Waals surface area contributed by atoms with Crippen molar-refractivity contribution in [1.29, 1.82) is 0 Å². The maximum Gasteiger partial charge on any atom is 0.0593 e. The number of aliphatic hydroxyl groups excluding tert-OH is 1. The van der Waals surface area contributed by atoms with Crippen molar-refractivity contribution in [2.75, 3.05) is 12.4 Å². The molecular weight excluding hydrogens is 158 g/mol. The van der Waals surface area contributed by atoms with Crippen LogP contribution in [0.15, 0.2) is 0 Å². The summed E-state index contributed by atoms with van der Waals surface area (Å²) in [5.74, 6) is 1.04. The molecule has 1 rings (SSSR count). The van der Waals surface area contributed by atoms with Gasteiger partial charge in [-0.1, -0.05) is 20.8 Å². The molecule has 2 nitrogen and oxygen atoms in total. The first kappa shape index (κ1) is 9.36. The SMILES string of the molecule is CC(C)(C)C1N[C@@H](CO)CS1. The summed E-state index contributed by atoms with van der Waals surface area (Å²) >= 11 is 1.91. The molecule has 0 aromatic rings. The van der Waals surface area contributed by atoms with Gasteiger partial charge < -0.3 is 5.11 Å². The van der Waals surface area contributed by atoms with Crippen molar-refractivity contribution in [3.63, 3.8) is 0 Å². The summed E-state index contributed by atoms with van der Waals surface area (Å²) in [6.07, 6.45) is 0. The standard InChI is InChI=1S/C8H17NOS/c1-8(2,3)7-9-6(4-10)5-11-7/h6-7,9-10H,4-5H2,1-3H3/t6-,7?/m0/s1. The van der Waals surface area contributed by atoms with Crippen LogP contribution < -0.4 is 5.32 Å². The van der Waals surface area contributed by atoms with Crippen molar-refractivity contribution < 1.29 is 5.11 Å². The largest absolute Gasteiger partial charge is 0.395 e. The lowest BCUT2D eigenvalue weighted by molar-refractivity contribution is 0.240. The zero-order valence-electron chi connectivity index (χ0n) is 7.42. The van der Waals surface area contributed by atoms with Crippen LogP contribution in [-0.4, -0.2) is 28.9 Å². The Bertz CT molecular complexity index is 133. The van der Waals surface area contributed by atoms with Crippen molar-refractivity contribution in [3.8, 4) is 0 Å². The van der Waals surface area contributed by atoms with Gasteiger partial charge in [0.1, 0.15) is 0 Å². The number of hydrogen-bond donors (Lipinski definition) is 2. The van der Waals surface area contributed by atoms with Crippen LogP contribution in [0, 0.1) is 5.41 Å². The van der Waals surface area contributed by atoms with Crippen molar-refractivity contribution >= 4 is 11.8 Å². The second kappa shape index (κ2) is 3.33. The van der Waals surface area contributed by atoms with E-state index in [0.29, 0.717) is 16.8 Å². The van der Waals surface area contributed by atoms with Crippen LogP contribution in [-0.2, 0) is 0 Å². The maximum atomic E-state index is 8.87. The molecule has 3 heteroatoms. The summed E-state index contributed by atoms with van der Waals surface area (Å²) in [5.41, 5.74) is 0.300. The van der Waals surface area contributed by atoms with Crippen molar-refractivity contribution in [2.45, 2.75) is 32.2 Å². The van der Waals surface area contributed by atoms with E-state index in [1.807, 2.05) is 11.8 Å². The minimum Gasteiger partial charge on any atom is -0.395 e. The zero-order chi connectivity index (χ0) is 8.48. The Kier molecular flexibility index (Phi) is 2.84. The van der Waals surface area contributed by atoms with E-state index in [2.05, 4.69) is 26.1 Å². The molecule has 1 fully saturated rings. The second-order valence-corrected chi connectivity index (χ2v) is 5.26. The minimum absolute atomic E-state index is 0.263. The molecule has 11 heavy (non-hydrogen) atoms. The second-order valence-electron chi connectivity index (χ2n) is 4.13. The van der Waals surface area contributed by atoms with Crippen LogP contribution in [0.3, 0.4) is 0 Å². The fourth-order valence-corrected chi connectivity index (χ4v) is 2.54. The molecule has 2 atom stereocenters. The van der Waals surface area contributed by atoms with Gasteiger partial charge in [-0.3, -0.25) is 5.32 Å². The molecule has 0 aliphatic carbocycles. The van der Waals surface area contributed by atoms with E-state index in [4.69, 9.17) is 5.11 Å². The Hall–Kier alpha value is 0.270. The highest BCUT2D eigenvalue weighted by molar-refractivity contribution is 8.00. The average Bonchev–Trinajstić information content (AvgIpc) is 2.32. The highest BCUT2D eigenvalue weighted by Crippen LogP contribution is 2.32. The third-order valence-corrected chi connectivity index (χ3v) is 3.63. The van der Waals surface area contributed by atoms with Crippen molar-refractivity contribution in [2.24, 2.45) is 5.41 Å². The van der Waals surface area contributed by atoms with E-state index in [1.54, 1.807) is 0 Å². The van der Waals surface area contributed by atoms with E-state index in [9.17, 15) is 0 Å². The smallest absolute Gasteiger partial charge is 0.0593 e. The molecular formula is C8H17NOS. The van der Waals surface area contributed by atoms with Gasteiger partial charge in [0.15, 0.2) is 0 Å². The fraction of sp³-hybridized carbons (Fsp3) is 1.00. The first-order valence-electron chi connectivity index (χ1n) is 4.02. The highest BCUT2D eigenvalue weighted by Gasteiger charge is 2.32. The number of rotatable bonds is 1. The molecule has 66 valence electrons. The van der Waals surface area contributed by atoms with Gasteiger partial charge in [0.05, 0.1) is 12.0 Å². The van der Waals surface area contributed by atoms with E-state index in [1.165, 1.54) is 0 Å². The summed E-state index contributed by atoms with van der Waals surface area (Å²) in [6.45, 7) is 6.92. The molecule has 1 unspecified atom stereocenters. The van der Waals surface area contributed by atoms with Gasteiger partial charge in [0, 0.05) is 11.8 Å². The van der Waals surface area contributed by atoms with Crippen LogP contribution in [0.25, 0.3) is 0 Å². The van der Waals surface area contributed by atoms with Crippen molar-refractivity contribution in [3.05, 3.63) is 0 Å². The van der Waals surface area contributed by atoms with Crippen LogP contribution >= 0.6 is 11.8 Å². The molecule has 0 bridgehead atoms. The van der Waals surface area contributed by atoms with Crippen molar-refractivity contribution in [1.82, 2.24) is 5.32 Å². The predicted octanol–water partition coefficient (Wildman–Crippen LogP) is 1.06. The fourth-order valence-electron chi connectivity index (χ4n) is 1.13. The number of hydrogen-bond acceptors (Lipinski definition) is 3. The average molecular weight is 175 g/mol. The molecule has 0 radical (unpaired) electrons. The van der Waals surface area contributed by atoms with Crippen LogP contribution in [0.1, 0.15) is 20.8 Å². The van der Waals surface area contributed by atoms with Gasteiger partial charge >= 0.3 is 0 Å². The summed E-state index contributed by atoms with van der Waals surface area (Å²) in [4.78, 5) is 0. The lowest BCUT2D eigenvalue weighted by atomic mass is 9.96. The maximum absolute atomic E-state index is 8.87. The Morgan fingerprint density at radius 1 is 1.55 bits per heavy atom. The highest BCUT2D eigenvalue weighted by atomic mass is 32.2. The van der Waals surface area contributed by atoms with Gasteiger partial charge in [0.2, 0.25) is 0 Å². The molecule has 0 saturated carbocycles. The Morgan fingerprint density at radius 2 is 2.18 bits per heavy atom. The summed E-state index contributed by atoms with van der Waals surface area (Å²) in [7, 11) is 0. The molecule has 2 N–H and O–H groups in total. The Balaban J connectivity index is 2.42. The number of nitrogens with one attached hydrogen (secondary N) is 1. The summed E-state index contributed by atoms with van der Waals surface area (Å²) < 4.78 is 0. The van der Waals surface area contributed by atoms with Crippen LogP contribution in [0.4, 0.5) is 0 Å². The molecule has 1 aliphatic rings. The molecule has 0 aromatic carbocycles. The molecule has 1 heterocycles. The summed E-state index contributed by atoms with van der Waals surface area (Å²) in [5, 5.41) is 12.8. The van der Waals surface area contributed by atoms with E-state index >= 15 is 0 Å². The molecule has 0 aromatic heterocycles. The Morgan fingerprint density at radius 3 is 2.45 bits per heavy atom. The molecule has 1 aliphatic heterocycles. The normalized spacial score (nSPS) is 32.7. The van der Waals surface area contributed by atoms with E-state index in [0.717, 1.165) is 5.75 Å². The zero-order valence-corrected chi connectivity index (χ0v) is 8.24. The van der Waals surface area contributed by atoms with E-state index in [-0.39, 0.29) is 6.61 Å². The van der Waals surface area contributed by atoms with Crippen LogP contribution in [0.5, 0.6) is 0 Å². The van der Waals surface area contributed by atoms with Crippen LogP contribution in [0.2, 0.25) is 0 Å². The molecule has 0 spiro atoms. The number of thioether (sulfide) groups is 1. The van der Waals surface area contributed by atoms with Gasteiger partial charge in [-0.25, -0.2) is 0 Å². The number of aliphatic hydroxyl groups is 1. The Labute approximate surface area is 72.8 Å². The third-order valence-electron chi connectivity index (χ3n) is 1.86. The van der Waals surface area contributed by atoms with Gasteiger partial charge in [0.25, 0.3) is 0 Å². The monoisotopic (exact) mass is 175 g/mol. The molecule has 1 saturated heterocycles. The lowest BCUT2D eigenvalue weighted by Gasteiger charge is -2.26. The van der Waals surface area contributed by atoms with E-state index < -0.39 is 0 Å². The van der Waals surface area contributed by atoms with Gasteiger partial charge in [-0.15, -0.1) is 11.8 Å². The first-order chi connectivity index (χ1) is 5.04. The third kappa shape index (κ3) is 2.36. The topological polar surface area (TPSA) is 32.3 Å². The summed E-state index contributed by atoms with van der Waals surface area (Å²) in [6, 6.07) is 0.309. The van der Waals surface area contributed by atoms with Gasteiger partial charge in [-0.2, -0.15) is 0 Å². The molecule has 0 amide bonds. The predicted molar refractivity (Wildman–Crippen MR) is 49.7 cm³/mol. The van der Waals surface area contributed by atoms with Gasteiger partial charge in [-0.05, 0) is 5.41 Å².